The van der Waals surface area contributed by atoms with Gasteiger partial charge >= 0.3 is 15.2 Å². The summed E-state index contributed by atoms with van der Waals surface area (Å²) < 4.78 is 22.7. The minimum Gasteiger partial charge on any atom is -0.352 e. The number of carbonyl (C=O) groups excluding carboxylic acids is 2. The van der Waals surface area contributed by atoms with Crippen molar-refractivity contribution in [1.29, 1.82) is 0 Å². The van der Waals surface area contributed by atoms with Gasteiger partial charge in [0.2, 0.25) is 11.8 Å². The van der Waals surface area contributed by atoms with Gasteiger partial charge in [-0.25, -0.2) is 0 Å². The second-order valence-electron chi connectivity index (χ2n) is 4.99. The van der Waals surface area contributed by atoms with Crippen LogP contribution in [0.4, 0.5) is 0 Å². The van der Waals surface area contributed by atoms with E-state index in [-0.39, 0.29) is 0 Å². The van der Waals surface area contributed by atoms with Gasteiger partial charge in [-0.05, 0) is 12.2 Å². The van der Waals surface area contributed by atoms with E-state index >= 15 is 0 Å². The van der Waals surface area contributed by atoms with Gasteiger partial charge in [-0.15, -0.1) is 0 Å². The molecule has 0 aliphatic rings. The topological polar surface area (TPSA) is 173 Å². The number of hydrogen-bond acceptors (Lipinski definition) is 4. The summed E-state index contributed by atoms with van der Waals surface area (Å²) in [7, 11) is -9.42. The first kappa shape index (κ1) is 21.7. The van der Waals surface area contributed by atoms with Crippen molar-refractivity contribution in [2.45, 2.75) is 0 Å². The molecule has 10 nitrogen and oxygen atoms in total. The molecular formula is C11H20N2O8P2. The molecule has 12 heteroatoms. The third-order valence-corrected chi connectivity index (χ3v) is 4.89. The number of rotatable bonds is 10. The van der Waals surface area contributed by atoms with Crippen LogP contribution in [0.5, 0.6) is 0 Å². The zero-order valence-electron chi connectivity index (χ0n) is 12.2. The number of carbonyl (C=O) groups is 2. The van der Waals surface area contributed by atoms with E-state index in [2.05, 4.69) is 23.8 Å². The predicted molar refractivity (Wildman–Crippen MR) is 82.7 cm³/mol. The number of amides is 2. The summed E-state index contributed by atoms with van der Waals surface area (Å²) in [5.41, 5.74) is -1.75. The average Bonchev–Trinajstić information content (AvgIpc) is 2.38. The van der Waals surface area contributed by atoms with Gasteiger partial charge in [0.15, 0.2) is 0 Å². The first-order valence-corrected chi connectivity index (χ1v) is 9.82. The molecule has 0 aliphatic heterocycles. The summed E-state index contributed by atoms with van der Waals surface area (Å²) in [5.74, 6) is -1.39. The van der Waals surface area contributed by atoms with E-state index in [1.807, 2.05) is 0 Å². The van der Waals surface area contributed by atoms with Crippen molar-refractivity contribution in [3.63, 3.8) is 0 Å². The second kappa shape index (κ2) is 8.54. The average molecular weight is 370 g/mol. The summed E-state index contributed by atoms with van der Waals surface area (Å²) in [4.78, 5) is 59.3. The Morgan fingerprint density at radius 1 is 0.870 bits per heavy atom. The molecule has 0 spiro atoms. The Balaban J connectivity index is 5.56. The summed E-state index contributed by atoms with van der Waals surface area (Å²) in [6.07, 6.45) is -0.107. The van der Waals surface area contributed by atoms with Crippen molar-refractivity contribution >= 4 is 27.0 Å². The van der Waals surface area contributed by atoms with E-state index < -0.39 is 57.8 Å². The third-order valence-electron chi connectivity index (χ3n) is 2.73. The fourth-order valence-electron chi connectivity index (χ4n) is 1.90. The lowest BCUT2D eigenvalue weighted by molar-refractivity contribution is -0.117. The summed E-state index contributed by atoms with van der Waals surface area (Å²) in [5, 5.41) is 4.48. The van der Waals surface area contributed by atoms with Gasteiger partial charge in [-0.3, -0.25) is 18.7 Å². The van der Waals surface area contributed by atoms with Gasteiger partial charge in [0.05, 0.1) is 12.3 Å². The summed E-state index contributed by atoms with van der Waals surface area (Å²) >= 11 is 0. The highest BCUT2D eigenvalue weighted by Gasteiger charge is 2.42. The lowest BCUT2D eigenvalue weighted by Gasteiger charge is -2.34. The van der Waals surface area contributed by atoms with Crippen molar-refractivity contribution in [2.24, 2.45) is 5.41 Å². The molecule has 0 bridgehead atoms. The molecule has 2 amide bonds. The first-order chi connectivity index (χ1) is 10.3. The van der Waals surface area contributed by atoms with Crippen LogP contribution in [-0.4, -0.2) is 56.8 Å². The van der Waals surface area contributed by atoms with Crippen molar-refractivity contribution in [1.82, 2.24) is 10.6 Å². The van der Waals surface area contributed by atoms with Gasteiger partial charge in [0.25, 0.3) is 0 Å². The van der Waals surface area contributed by atoms with Gasteiger partial charge < -0.3 is 30.2 Å². The normalized spacial score (nSPS) is 12.3. The third kappa shape index (κ3) is 10.2. The zero-order chi connectivity index (χ0) is 18.3. The minimum atomic E-state index is -4.71. The molecule has 0 aromatic rings. The Morgan fingerprint density at radius 2 is 1.17 bits per heavy atom. The number of nitrogens with one attached hydrogen (secondary N) is 2. The van der Waals surface area contributed by atoms with Crippen LogP contribution in [0.15, 0.2) is 25.3 Å². The molecule has 0 rings (SSSR count). The Kier molecular flexibility index (Phi) is 8.06. The van der Waals surface area contributed by atoms with Crippen LogP contribution in [0.1, 0.15) is 0 Å². The van der Waals surface area contributed by atoms with Gasteiger partial charge in [0, 0.05) is 18.5 Å². The first-order valence-electron chi connectivity index (χ1n) is 6.22. The molecule has 23 heavy (non-hydrogen) atoms. The highest BCUT2D eigenvalue weighted by molar-refractivity contribution is 7.53. The number of hydrogen-bond donors (Lipinski definition) is 6. The van der Waals surface area contributed by atoms with Gasteiger partial charge in [0.1, 0.15) is 0 Å². The van der Waals surface area contributed by atoms with Gasteiger partial charge in [-0.2, -0.15) is 0 Å². The van der Waals surface area contributed by atoms with E-state index in [1.165, 1.54) is 0 Å². The largest absolute Gasteiger partial charge is 0.352 e. The Morgan fingerprint density at radius 3 is 1.39 bits per heavy atom. The summed E-state index contributed by atoms with van der Waals surface area (Å²) in [6, 6.07) is 0. The van der Waals surface area contributed by atoms with Crippen LogP contribution in [0.3, 0.4) is 0 Å². The SMILES string of the molecule is C=CC(=O)NCC(CNC(=O)C=C)(CP(=O)(O)O)CP(=O)(O)O. The van der Waals surface area contributed by atoms with E-state index in [1.54, 1.807) is 0 Å². The fourth-order valence-corrected chi connectivity index (χ4v) is 4.50. The molecule has 0 fully saturated rings. The second-order valence-corrected chi connectivity index (χ2v) is 8.28. The van der Waals surface area contributed by atoms with Crippen molar-refractivity contribution in [2.75, 3.05) is 25.4 Å². The Bertz CT molecular complexity index is 514. The standard InChI is InChI=1S/C11H20N2O8P2/c1-3-9(14)12-5-11(7-22(16,17)18,8-23(19,20)21)6-13-10(15)4-2/h3-4H,1-2,5-8H2,(H,12,14)(H,13,15)(H2,16,17,18)(H2,19,20,21). The molecule has 0 aliphatic carbocycles. The van der Waals surface area contributed by atoms with Crippen LogP contribution in [0.2, 0.25) is 0 Å². The highest BCUT2D eigenvalue weighted by atomic mass is 31.2. The van der Waals surface area contributed by atoms with E-state index in [0.29, 0.717) is 0 Å². The molecule has 0 atom stereocenters. The lowest BCUT2D eigenvalue weighted by Crippen LogP contribution is -2.49. The van der Waals surface area contributed by atoms with Crippen molar-refractivity contribution in [3.8, 4) is 0 Å². The van der Waals surface area contributed by atoms with Crippen LogP contribution in [0.25, 0.3) is 0 Å². The fraction of sp³-hybridized carbons (Fsp3) is 0.455. The van der Waals surface area contributed by atoms with Gasteiger partial charge in [-0.1, -0.05) is 13.2 Å². The van der Waals surface area contributed by atoms with E-state index in [0.717, 1.165) is 12.2 Å². The predicted octanol–water partition coefficient (Wildman–Crippen LogP) is -1.07. The molecule has 0 radical (unpaired) electrons. The highest BCUT2D eigenvalue weighted by Crippen LogP contribution is 2.48. The van der Waals surface area contributed by atoms with Crippen LogP contribution >= 0.6 is 15.2 Å². The molecule has 0 saturated carbocycles. The molecular weight excluding hydrogens is 350 g/mol. The smallest absolute Gasteiger partial charge is 0.326 e. The van der Waals surface area contributed by atoms with Crippen molar-refractivity contribution in [3.05, 3.63) is 25.3 Å². The van der Waals surface area contributed by atoms with E-state index in [4.69, 9.17) is 0 Å². The van der Waals surface area contributed by atoms with Crippen LogP contribution in [0, 0.1) is 5.41 Å². The molecule has 132 valence electrons. The Labute approximate surface area is 133 Å². The van der Waals surface area contributed by atoms with Crippen molar-refractivity contribution < 1.29 is 38.3 Å². The molecule has 0 unspecified atom stereocenters. The molecule has 0 aromatic heterocycles. The minimum absolute atomic E-state index is 0.481. The van der Waals surface area contributed by atoms with E-state index in [9.17, 15) is 38.3 Å². The molecule has 6 N–H and O–H groups in total. The van der Waals surface area contributed by atoms with Crippen LogP contribution < -0.4 is 10.6 Å². The monoisotopic (exact) mass is 370 g/mol. The molecule has 0 heterocycles. The molecule has 0 saturated heterocycles. The lowest BCUT2D eigenvalue weighted by atomic mass is 9.92. The zero-order valence-corrected chi connectivity index (χ0v) is 14.0. The Hall–Kier alpha value is -1.28. The maximum absolute atomic E-state index is 11.3. The summed E-state index contributed by atoms with van der Waals surface area (Å²) in [6.45, 7) is 5.43. The molecule has 0 aromatic carbocycles. The maximum Gasteiger partial charge on any atom is 0.326 e. The van der Waals surface area contributed by atoms with Crippen LogP contribution in [-0.2, 0) is 18.7 Å². The quantitative estimate of drug-likeness (QED) is 0.208. The maximum atomic E-state index is 11.3.